The minimum Gasteiger partial charge on any atom is -0.381 e. The van der Waals surface area contributed by atoms with Crippen molar-refractivity contribution in [2.45, 2.75) is 70.5 Å². The number of hydrogen-bond acceptors (Lipinski definition) is 3. The van der Waals surface area contributed by atoms with Crippen LogP contribution in [-0.2, 0) is 28.4 Å². The van der Waals surface area contributed by atoms with Gasteiger partial charge in [0.05, 0.1) is 24.3 Å². The molecule has 35 heavy (non-hydrogen) atoms. The van der Waals surface area contributed by atoms with Crippen molar-refractivity contribution in [1.82, 2.24) is 10.6 Å². The van der Waals surface area contributed by atoms with Gasteiger partial charge in [-0.2, -0.15) is 26.3 Å². The van der Waals surface area contributed by atoms with Crippen molar-refractivity contribution < 1.29 is 35.9 Å². The molecule has 1 aliphatic heterocycles. The molecule has 2 aliphatic carbocycles. The summed E-state index contributed by atoms with van der Waals surface area (Å²) in [5, 5.41) is 6.38. The highest BCUT2D eigenvalue weighted by molar-refractivity contribution is 5.79. The molecule has 1 aromatic carbocycles. The van der Waals surface area contributed by atoms with Gasteiger partial charge in [0.25, 0.3) is 0 Å². The van der Waals surface area contributed by atoms with Crippen LogP contribution in [0.2, 0.25) is 0 Å². The zero-order valence-electron chi connectivity index (χ0n) is 19.8. The number of benzene rings is 1. The summed E-state index contributed by atoms with van der Waals surface area (Å²) in [5.41, 5.74) is -2.99. The maximum Gasteiger partial charge on any atom is 0.416 e. The van der Waals surface area contributed by atoms with Gasteiger partial charge in [-0.3, -0.25) is 4.79 Å². The van der Waals surface area contributed by atoms with Crippen LogP contribution >= 0.6 is 0 Å². The van der Waals surface area contributed by atoms with Gasteiger partial charge in [0.2, 0.25) is 5.91 Å². The Morgan fingerprint density at radius 3 is 2.06 bits per heavy atom. The molecule has 2 bridgehead atoms. The molecule has 2 N–H and O–H groups in total. The van der Waals surface area contributed by atoms with E-state index in [9.17, 15) is 31.1 Å². The van der Waals surface area contributed by atoms with Gasteiger partial charge in [-0.1, -0.05) is 13.8 Å². The Kier molecular flexibility index (Phi) is 7.44. The highest BCUT2D eigenvalue weighted by Gasteiger charge is 2.45. The zero-order chi connectivity index (χ0) is 25.5. The van der Waals surface area contributed by atoms with Gasteiger partial charge in [0.15, 0.2) is 0 Å². The van der Waals surface area contributed by atoms with Crippen LogP contribution < -0.4 is 10.6 Å². The number of ether oxygens (including phenoxy) is 1. The lowest BCUT2D eigenvalue weighted by Crippen LogP contribution is -2.48. The van der Waals surface area contributed by atoms with Crippen LogP contribution in [0, 0.1) is 29.6 Å². The van der Waals surface area contributed by atoms with Gasteiger partial charge in [0, 0.05) is 24.5 Å². The lowest BCUT2D eigenvalue weighted by molar-refractivity contribution is -0.143. The number of rotatable bonds is 6. The van der Waals surface area contributed by atoms with E-state index in [-0.39, 0.29) is 41.3 Å². The van der Waals surface area contributed by atoms with Crippen molar-refractivity contribution in [3.63, 3.8) is 0 Å². The van der Waals surface area contributed by atoms with Crippen LogP contribution in [0.15, 0.2) is 18.2 Å². The molecule has 3 fully saturated rings. The van der Waals surface area contributed by atoms with Crippen molar-refractivity contribution in [1.29, 1.82) is 0 Å². The quantitative estimate of drug-likeness (QED) is 0.508. The largest absolute Gasteiger partial charge is 0.416 e. The topological polar surface area (TPSA) is 50.4 Å². The average Bonchev–Trinajstić information content (AvgIpc) is 3.27. The van der Waals surface area contributed by atoms with Crippen LogP contribution in [-0.4, -0.2) is 31.2 Å². The summed E-state index contributed by atoms with van der Waals surface area (Å²) in [4.78, 5) is 13.1. The number of hydrogen-bond donors (Lipinski definition) is 2. The molecular formula is C25H32F6N2O2. The van der Waals surface area contributed by atoms with E-state index in [0.717, 1.165) is 32.5 Å². The van der Waals surface area contributed by atoms with E-state index in [0.29, 0.717) is 36.4 Å². The summed E-state index contributed by atoms with van der Waals surface area (Å²) < 4.78 is 84.5. The third-order valence-electron chi connectivity index (χ3n) is 7.94. The molecule has 3 unspecified atom stereocenters. The SMILES string of the molecule is CC(C)C1C[C@@H](NC2C3CCC2COC3)C[C@H]1C(=O)NCc1cc(C(F)(F)F)cc(C(F)(F)F)c1. The summed E-state index contributed by atoms with van der Waals surface area (Å²) in [7, 11) is 0. The Balaban J connectivity index is 1.43. The molecule has 4 rings (SSSR count). The first kappa shape index (κ1) is 26.3. The van der Waals surface area contributed by atoms with Crippen LogP contribution in [0.4, 0.5) is 26.3 Å². The number of halogens is 6. The fraction of sp³-hybridized carbons (Fsp3) is 0.720. The third-order valence-corrected chi connectivity index (χ3v) is 7.94. The second-order valence-electron chi connectivity index (χ2n) is 10.6. The number of carbonyl (C=O) groups excluding carboxylic acids is 1. The molecule has 2 saturated carbocycles. The summed E-state index contributed by atoms with van der Waals surface area (Å²) in [6.45, 7) is 5.17. The van der Waals surface area contributed by atoms with Crippen LogP contribution in [0.1, 0.15) is 56.2 Å². The van der Waals surface area contributed by atoms with Gasteiger partial charge in [0.1, 0.15) is 0 Å². The van der Waals surface area contributed by atoms with Crippen molar-refractivity contribution in [3.8, 4) is 0 Å². The number of alkyl halides is 6. The fourth-order valence-electron chi connectivity index (χ4n) is 6.15. The average molecular weight is 507 g/mol. The lowest BCUT2D eigenvalue weighted by Gasteiger charge is -2.33. The van der Waals surface area contributed by atoms with Crippen molar-refractivity contribution in [2.24, 2.45) is 29.6 Å². The molecule has 0 aromatic heterocycles. The normalized spacial score (nSPS) is 31.2. The summed E-state index contributed by atoms with van der Waals surface area (Å²) in [6, 6.07) is 1.94. The standard InChI is InChI=1S/C25H32F6N2O2/c1-13(2)20-8-19(33-22-15-3-4-16(22)12-35-11-15)9-21(20)23(34)32-10-14-5-17(24(26,27)28)7-18(6-14)25(29,30)31/h5-7,13,15-16,19-22,33H,3-4,8-12H2,1-2H3,(H,32,34)/t15?,16?,19-,20?,21-,22?/m1/s1. The van der Waals surface area contributed by atoms with Crippen molar-refractivity contribution >= 4 is 5.91 Å². The maximum absolute atomic E-state index is 13.1. The van der Waals surface area contributed by atoms with Crippen LogP contribution in [0.5, 0.6) is 0 Å². The smallest absolute Gasteiger partial charge is 0.381 e. The molecule has 3 aliphatic rings. The van der Waals surface area contributed by atoms with Gasteiger partial charge in [-0.05, 0) is 73.1 Å². The third kappa shape index (κ3) is 5.96. The van der Waals surface area contributed by atoms with E-state index in [4.69, 9.17) is 4.74 Å². The number of fused-ring (bicyclic) bond motifs is 2. The highest BCUT2D eigenvalue weighted by Crippen LogP contribution is 2.41. The predicted molar refractivity (Wildman–Crippen MR) is 117 cm³/mol. The molecule has 196 valence electrons. The van der Waals surface area contributed by atoms with E-state index in [1.807, 2.05) is 13.8 Å². The second-order valence-corrected chi connectivity index (χ2v) is 10.6. The first-order valence-electron chi connectivity index (χ1n) is 12.2. The van der Waals surface area contributed by atoms with E-state index in [1.54, 1.807) is 0 Å². The zero-order valence-corrected chi connectivity index (χ0v) is 19.8. The van der Waals surface area contributed by atoms with Crippen molar-refractivity contribution in [2.75, 3.05) is 13.2 Å². The number of amides is 1. The maximum atomic E-state index is 13.1. The molecule has 0 spiro atoms. The fourth-order valence-corrected chi connectivity index (χ4v) is 6.15. The van der Waals surface area contributed by atoms with E-state index in [1.165, 1.54) is 0 Å². The van der Waals surface area contributed by atoms with Gasteiger partial charge < -0.3 is 15.4 Å². The highest BCUT2D eigenvalue weighted by atomic mass is 19.4. The van der Waals surface area contributed by atoms with Gasteiger partial charge in [-0.25, -0.2) is 0 Å². The molecule has 4 nitrogen and oxygen atoms in total. The Bertz CT molecular complexity index is 868. The summed E-state index contributed by atoms with van der Waals surface area (Å²) in [5.74, 6) is 0.573. The lowest BCUT2D eigenvalue weighted by atomic mass is 9.85. The van der Waals surface area contributed by atoms with Crippen molar-refractivity contribution in [3.05, 3.63) is 34.9 Å². The molecule has 1 aromatic rings. The Morgan fingerprint density at radius 2 is 1.54 bits per heavy atom. The second kappa shape index (κ2) is 9.92. The molecule has 0 radical (unpaired) electrons. The first-order valence-corrected chi connectivity index (χ1v) is 12.2. The number of carbonyl (C=O) groups is 1. The molecule has 5 atom stereocenters. The van der Waals surface area contributed by atoms with E-state index < -0.39 is 30.0 Å². The minimum absolute atomic E-state index is 0.0808. The van der Waals surface area contributed by atoms with E-state index in [2.05, 4.69) is 10.6 Å². The minimum atomic E-state index is -4.92. The summed E-state index contributed by atoms with van der Waals surface area (Å²) in [6.07, 6.45) is -6.17. The Morgan fingerprint density at radius 1 is 0.971 bits per heavy atom. The monoisotopic (exact) mass is 506 g/mol. The van der Waals surface area contributed by atoms with Crippen LogP contribution in [0.25, 0.3) is 0 Å². The predicted octanol–water partition coefficient (Wildman–Crippen LogP) is 5.41. The Labute approximate surface area is 201 Å². The molecule has 1 amide bonds. The van der Waals surface area contributed by atoms with Gasteiger partial charge in [-0.15, -0.1) is 0 Å². The molecule has 1 saturated heterocycles. The van der Waals surface area contributed by atoms with Gasteiger partial charge >= 0.3 is 12.4 Å². The first-order chi connectivity index (χ1) is 16.3. The molecular weight excluding hydrogens is 474 g/mol. The molecule has 1 heterocycles. The molecule has 10 heteroatoms. The van der Waals surface area contributed by atoms with E-state index >= 15 is 0 Å². The summed E-state index contributed by atoms with van der Waals surface area (Å²) >= 11 is 0. The number of nitrogens with one attached hydrogen (secondary N) is 2. The van der Waals surface area contributed by atoms with Crippen LogP contribution in [0.3, 0.4) is 0 Å². The Hall–Kier alpha value is -1.81.